The first-order valence-corrected chi connectivity index (χ1v) is 6.52. The van der Waals surface area contributed by atoms with E-state index in [0.29, 0.717) is 0 Å². The molecule has 3 rings (SSSR count). The molecule has 3 heteroatoms. The lowest BCUT2D eigenvalue weighted by Crippen LogP contribution is -2.23. The predicted molar refractivity (Wildman–Crippen MR) is 70.9 cm³/mol. The number of guanidine groups is 1. The molecule has 2 aliphatic rings. The molecule has 0 atom stereocenters. The van der Waals surface area contributed by atoms with Crippen LogP contribution in [0.15, 0.2) is 17.1 Å². The quantitative estimate of drug-likeness (QED) is 0.773. The van der Waals surface area contributed by atoms with Crippen LogP contribution >= 0.6 is 0 Å². The minimum absolute atomic E-state index is 0.934. The molecule has 1 saturated heterocycles. The van der Waals surface area contributed by atoms with Crippen LogP contribution in [0.2, 0.25) is 0 Å². The van der Waals surface area contributed by atoms with E-state index in [4.69, 9.17) is 4.99 Å². The summed E-state index contributed by atoms with van der Waals surface area (Å²) in [6, 6.07) is 4.53. The van der Waals surface area contributed by atoms with E-state index < -0.39 is 0 Å². The van der Waals surface area contributed by atoms with Crippen molar-refractivity contribution in [2.45, 2.75) is 32.6 Å². The molecule has 1 aromatic rings. The number of hydrogen-bond acceptors (Lipinski definition) is 1. The fraction of sp³-hybridized carbons (Fsp3) is 0.500. The second-order valence-corrected chi connectivity index (χ2v) is 4.94. The Bertz CT molecular complexity index is 455. The van der Waals surface area contributed by atoms with Gasteiger partial charge in [-0.25, -0.2) is 4.99 Å². The molecule has 0 saturated carbocycles. The van der Waals surface area contributed by atoms with Crippen LogP contribution in [0, 0.1) is 6.92 Å². The summed E-state index contributed by atoms with van der Waals surface area (Å²) in [6.07, 6.45) is 5.02. The van der Waals surface area contributed by atoms with Gasteiger partial charge in [-0.05, 0) is 55.4 Å². The number of aryl methyl sites for hydroxylation is 2. The smallest absolute Gasteiger partial charge is 0.196 e. The lowest BCUT2D eigenvalue weighted by atomic mass is 9.89. The van der Waals surface area contributed by atoms with E-state index in [-0.39, 0.29) is 0 Å². The summed E-state index contributed by atoms with van der Waals surface area (Å²) in [5.74, 6) is 0.934. The maximum atomic E-state index is 4.73. The van der Waals surface area contributed by atoms with E-state index in [1.807, 2.05) is 0 Å². The Hall–Kier alpha value is -1.51. The van der Waals surface area contributed by atoms with Gasteiger partial charge in [-0.3, -0.25) is 0 Å². The molecule has 0 unspecified atom stereocenters. The van der Waals surface area contributed by atoms with E-state index in [9.17, 15) is 0 Å². The summed E-state index contributed by atoms with van der Waals surface area (Å²) in [5, 5.41) is 6.54. The lowest BCUT2D eigenvalue weighted by Gasteiger charge is -2.18. The van der Waals surface area contributed by atoms with Gasteiger partial charge in [0.2, 0.25) is 0 Å². The molecule has 0 radical (unpaired) electrons. The Kier molecular flexibility index (Phi) is 2.75. The van der Waals surface area contributed by atoms with Gasteiger partial charge in [-0.1, -0.05) is 6.07 Å². The van der Waals surface area contributed by atoms with Gasteiger partial charge in [0.1, 0.15) is 0 Å². The molecule has 0 aromatic heterocycles. The highest BCUT2D eigenvalue weighted by molar-refractivity contribution is 5.84. The fourth-order valence-electron chi connectivity index (χ4n) is 2.72. The average Bonchev–Trinajstić information content (AvgIpc) is 2.81. The van der Waals surface area contributed by atoms with Crippen molar-refractivity contribution in [3.05, 3.63) is 28.8 Å². The molecule has 1 aliphatic carbocycles. The normalized spacial score (nSPS) is 18.3. The van der Waals surface area contributed by atoms with Crippen molar-refractivity contribution in [1.82, 2.24) is 10.6 Å². The molecular weight excluding hydrogens is 210 g/mol. The molecule has 1 aromatic carbocycles. The summed E-state index contributed by atoms with van der Waals surface area (Å²) in [7, 11) is 0. The van der Waals surface area contributed by atoms with Gasteiger partial charge < -0.3 is 10.6 Å². The largest absolute Gasteiger partial charge is 0.354 e. The second kappa shape index (κ2) is 4.40. The zero-order valence-electron chi connectivity index (χ0n) is 10.3. The molecular formula is C14H19N3. The van der Waals surface area contributed by atoms with E-state index in [1.165, 1.54) is 42.4 Å². The molecule has 2 N–H and O–H groups in total. The lowest BCUT2D eigenvalue weighted by molar-refractivity contribution is 0.685. The van der Waals surface area contributed by atoms with Gasteiger partial charge in [-0.15, -0.1) is 0 Å². The summed E-state index contributed by atoms with van der Waals surface area (Å²) in [4.78, 5) is 4.73. The van der Waals surface area contributed by atoms with E-state index in [0.717, 1.165) is 24.7 Å². The van der Waals surface area contributed by atoms with Crippen LogP contribution in [-0.4, -0.2) is 19.0 Å². The predicted octanol–water partition coefficient (Wildman–Crippen LogP) is 2.05. The number of nitrogens with zero attached hydrogens (tertiary/aromatic N) is 1. The molecule has 1 heterocycles. The topological polar surface area (TPSA) is 36.4 Å². The van der Waals surface area contributed by atoms with Crippen molar-refractivity contribution >= 4 is 11.6 Å². The van der Waals surface area contributed by atoms with Crippen LogP contribution in [0.5, 0.6) is 0 Å². The molecule has 17 heavy (non-hydrogen) atoms. The third-order valence-electron chi connectivity index (χ3n) is 3.53. The number of fused-ring (bicyclic) bond motifs is 1. The third kappa shape index (κ3) is 2.14. The van der Waals surface area contributed by atoms with Gasteiger partial charge in [0, 0.05) is 13.1 Å². The Balaban J connectivity index is 2.02. The Morgan fingerprint density at radius 2 is 1.82 bits per heavy atom. The molecule has 1 fully saturated rings. The van der Waals surface area contributed by atoms with Gasteiger partial charge in [-0.2, -0.15) is 0 Å². The van der Waals surface area contributed by atoms with Crippen LogP contribution in [0.25, 0.3) is 0 Å². The third-order valence-corrected chi connectivity index (χ3v) is 3.53. The van der Waals surface area contributed by atoms with Crippen LogP contribution in [0.3, 0.4) is 0 Å². The first-order chi connectivity index (χ1) is 8.33. The first-order valence-electron chi connectivity index (χ1n) is 6.52. The number of nitrogens with one attached hydrogen (secondary N) is 2. The van der Waals surface area contributed by atoms with Gasteiger partial charge in [0.25, 0.3) is 0 Å². The highest BCUT2D eigenvalue weighted by Gasteiger charge is 2.15. The summed E-state index contributed by atoms with van der Waals surface area (Å²) in [6.45, 7) is 4.12. The van der Waals surface area contributed by atoms with Gasteiger partial charge in [0.05, 0.1) is 5.69 Å². The molecule has 1 aliphatic heterocycles. The van der Waals surface area contributed by atoms with Gasteiger partial charge >= 0.3 is 0 Å². The Morgan fingerprint density at radius 3 is 2.65 bits per heavy atom. The van der Waals surface area contributed by atoms with E-state index in [2.05, 4.69) is 29.7 Å². The minimum atomic E-state index is 0.934. The van der Waals surface area contributed by atoms with Crippen molar-refractivity contribution in [2.75, 3.05) is 13.1 Å². The molecule has 3 nitrogen and oxygen atoms in total. The molecule has 90 valence electrons. The molecule has 0 amide bonds. The summed E-state index contributed by atoms with van der Waals surface area (Å²) < 4.78 is 0. The number of aliphatic imine (C=N–C) groups is 1. The Morgan fingerprint density at radius 1 is 1.06 bits per heavy atom. The van der Waals surface area contributed by atoms with Crippen molar-refractivity contribution < 1.29 is 0 Å². The minimum Gasteiger partial charge on any atom is -0.354 e. The summed E-state index contributed by atoms with van der Waals surface area (Å²) in [5.41, 5.74) is 5.46. The van der Waals surface area contributed by atoms with Crippen LogP contribution < -0.4 is 10.6 Å². The molecule has 0 spiro atoms. The first kappa shape index (κ1) is 10.6. The monoisotopic (exact) mass is 229 g/mol. The van der Waals surface area contributed by atoms with Gasteiger partial charge in [0.15, 0.2) is 5.96 Å². The highest BCUT2D eigenvalue weighted by Crippen LogP contribution is 2.31. The second-order valence-electron chi connectivity index (χ2n) is 4.94. The van der Waals surface area contributed by atoms with Crippen LogP contribution in [0.4, 0.5) is 5.69 Å². The molecule has 0 bridgehead atoms. The zero-order valence-corrected chi connectivity index (χ0v) is 10.3. The van der Waals surface area contributed by atoms with E-state index >= 15 is 0 Å². The zero-order chi connectivity index (χ0) is 11.7. The fourth-order valence-corrected chi connectivity index (χ4v) is 2.72. The van der Waals surface area contributed by atoms with Crippen molar-refractivity contribution in [3.8, 4) is 0 Å². The number of hydrogen-bond donors (Lipinski definition) is 2. The highest BCUT2D eigenvalue weighted by atomic mass is 15.2. The SMILES string of the molecule is Cc1cc2c(c(N=C3NCCN3)c1)CCCC2. The maximum Gasteiger partial charge on any atom is 0.196 e. The van der Waals surface area contributed by atoms with Crippen molar-refractivity contribution in [3.63, 3.8) is 0 Å². The van der Waals surface area contributed by atoms with Crippen molar-refractivity contribution in [1.29, 1.82) is 0 Å². The standard InChI is InChI=1S/C14H19N3/c1-10-8-11-4-2-3-5-12(11)13(9-10)17-14-15-6-7-16-14/h8-9H,2-7H2,1H3,(H2,15,16,17). The number of benzene rings is 1. The van der Waals surface area contributed by atoms with Crippen LogP contribution in [-0.2, 0) is 12.8 Å². The average molecular weight is 229 g/mol. The van der Waals surface area contributed by atoms with E-state index in [1.54, 1.807) is 0 Å². The number of rotatable bonds is 1. The van der Waals surface area contributed by atoms with Crippen molar-refractivity contribution in [2.24, 2.45) is 4.99 Å². The summed E-state index contributed by atoms with van der Waals surface area (Å²) >= 11 is 0. The Labute approximate surface area is 102 Å². The maximum absolute atomic E-state index is 4.73. The van der Waals surface area contributed by atoms with Crippen LogP contribution in [0.1, 0.15) is 29.5 Å².